The number of ether oxygens (including phenoxy) is 1. The van der Waals surface area contributed by atoms with E-state index in [1.54, 1.807) is 25.1 Å². The second kappa shape index (κ2) is 5.72. The van der Waals surface area contributed by atoms with Gasteiger partial charge in [-0.2, -0.15) is 5.26 Å². The van der Waals surface area contributed by atoms with Crippen molar-refractivity contribution in [1.82, 2.24) is 5.32 Å². The molecule has 0 bridgehead atoms. The summed E-state index contributed by atoms with van der Waals surface area (Å²) in [6.07, 6.45) is 1.74. The molecule has 1 fully saturated rings. The van der Waals surface area contributed by atoms with Crippen LogP contribution in [0.4, 0.5) is 0 Å². The summed E-state index contributed by atoms with van der Waals surface area (Å²) in [4.78, 5) is 12.1. The third-order valence-corrected chi connectivity index (χ3v) is 3.83. The SMILES string of the molecule is Cc1cc(Cl)ccc1OC(C)C(=O)NC1(C#N)CCC1. The van der Waals surface area contributed by atoms with Crippen LogP contribution in [0.1, 0.15) is 31.7 Å². The summed E-state index contributed by atoms with van der Waals surface area (Å²) in [5.41, 5.74) is 0.180. The Morgan fingerprint density at radius 1 is 1.55 bits per heavy atom. The highest BCUT2D eigenvalue weighted by atomic mass is 35.5. The Hall–Kier alpha value is -1.73. The number of hydrogen-bond donors (Lipinski definition) is 1. The lowest BCUT2D eigenvalue weighted by Crippen LogP contribution is -2.55. The van der Waals surface area contributed by atoms with E-state index in [1.807, 2.05) is 6.92 Å². The zero-order chi connectivity index (χ0) is 14.8. The number of nitrogens with one attached hydrogen (secondary N) is 1. The van der Waals surface area contributed by atoms with E-state index in [0.29, 0.717) is 23.6 Å². The number of nitrogens with zero attached hydrogens (tertiary/aromatic N) is 1. The summed E-state index contributed by atoms with van der Waals surface area (Å²) in [6.45, 7) is 3.54. The molecule has 0 aliphatic heterocycles. The molecule has 1 aromatic carbocycles. The number of hydrogen-bond acceptors (Lipinski definition) is 3. The summed E-state index contributed by atoms with van der Waals surface area (Å²) in [6, 6.07) is 7.42. The molecule has 5 heteroatoms. The van der Waals surface area contributed by atoms with Crippen LogP contribution in [-0.2, 0) is 4.79 Å². The Morgan fingerprint density at radius 3 is 2.75 bits per heavy atom. The van der Waals surface area contributed by atoms with Crippen molar-refractivity contribution in [2.45, 2.75) is 44.8 Å². The molecule has 1 aliphatic carbocycles. The predicted octanol–water partition coefficient (Wildman–Crippen LogP) is 2.98. The lowest BCUT2D eigenvalue weighted by molar-refractivity contribution is -0.129. The van der Waals surface area contributed by atoms with Crippen molar-refractivity contribution in [2.75, 3.05) is 0 Å². The predicted molar refractivity (Wildman–Crippen MR) is 76.6 cm³/mol. The third kappa shape index (κ3) is 3.05. The van der Waals surface area contributed by atoms with Gasteiger partial charge in [0.25, 0.3) is 5.91 Å². The largest absolute Gasteiger partial charge is 0.481 e. The van der Waals surface area contributed by atoms with Gasteiger partial charge in [-0.25, -0.2) is 0 Å². The third-order valence-electron chi connectivity index (χ3n) is 3.59. The number of amides is 1. The molecular weight excluding hydrogens is 276 g/mol. The van der Waals surface area contributed by atoms with Gasteiger partial charge < -0.3 is 10.1 Å². The van der Waals surface area contributed by atoms with E-state index in [9.17, 15) is 4.79 Å². The van der Waals surface area contributed by atoms with Crippen LogP contribution < -0.4 is 10.1 Å². The van der Waals surface area contributed by atoms with E-state index in [1.165, 1.54) is 0 Å². The van der Waals surface area contributed by atoms with Gasteiger partial charge in [-0.15, -0.1) is 0 Å². The van der Waals surface area contributed by atoms with Crippen LogP contribution in [0.15, 0.2) is 18.2 Å². The Kier molecular flexibility index (Phi) is 4.20. The highest BCUT2D eigenvalue weighted by Crippen LogP contribution is 2.31. The van der Waals surface area contributed by atoms with Crippen LogP contribution in [0.3, 0.4) is 0 Å². The monoisotopic (exact) mass is 292 g/mol. The zero-order valence-electron chi connectivity index (χ0n) is 11.6. The maximum Gasteiger partial charge on any atom is 0.262 e. The van der Waals surface area contributed by atoms with Gasteiger partial charge in [0.2, 0.25) is 0 Å². The molecule has 0 saturated heterocycles. The standard InChI is InChI=1S/C15H17ClN2O2/c1-10-8-12(16)4-5-13(10)20-11(2)14(19)18-15(9-17)6-3-7-15/h4-5,8,11H,3,6-7H2,1-2H3,(H,18,19). The van der Waals surface area contributed by atoms with Crippen LogP contribution in [0.25, 0.3) is 0 Å². The number of carbonyl (C=O) groups excluding carboxylic acids is 1. The molecule has 0 heterocycles. The molecule has 1 saturated carbocycles. The van der Waals surface area contributed by atoms with Crippen molar-refractivity contribution in [1.29, 1.82) is 5.26 Å². The van der Waals surface area contributed by atoms with Crippen LogP contribution in [-0.4, -0.2) is 17.6 Å². The smallest absolute Gasteiger partial charge is 0.262 e. The van der Waals surface area contributed by atoms with Crippen molar-refractivity contribution in [3.05, 3.63) is 28.8 Å². The summed E-state index contributed by atoms with van der Waals surface area (Å²) in [5.74, 6) is 0.359. The van der Waals surface area contributed by atoms with Gasteiger partial charge in [-0.1, -0.05) is 11.6 Å². The normalized spacial score (nSPS) is 17.5. The molecule has 1 aromatic rings. The van der Waals surface area contributed by atoms with Crippen LogP contribution >= 0.6 is 11.6 Å². The first-order chi connectivity index (χ1) is 9.46. The summed E-state index contributed by atoms with van der Waals surface area (Å²) in [7, 11) is 0. The molecule has 106 valence electrons. The maximum atomic E-state index is 12.1. The summed E-state index contributed by atoms with van der Waals surface area (Å²) in [5, 5.41) is 12.5. The lowest BCUT2D eigenvalue weighted by Gasteiger charge is -2.36. The van der Waals surface area contributed by atoms with Crippen LogP contribution in [0, 0.1) is 18.3 Å². The first-order valence-corrected chi connectivity index (χ1v) is 7.00. The van der Waals surface area contributed by atoms with Gasteiger partial charge in [0.15, 0.2) is 6.10 Å². The van der Waals surface area contributed by atoms with Crippen molar-refractivity contribution < 1.29 is 9.53 Å². The van der Waals surface area contributed by atoms with Gasteiger partial charge in [0, 0.05) is 5.02 Å². The van der Waals surface area contributed by atoms with E-state index >= 15 is 0 Å². The first-order valence-electron chi connectivity index (χ1n) is 6.62. The van der Waals surface area contributed by atoms with E-state index in [-0.39, 0.29) is 5.91 Å². The number of halogens is 1. The first kappa shape index (κ1) is 14.7. The fourth-order valence-corrected chi connectivity index (χ4v) is 2.35. The lowest BCUT2D eigenvalue weighted by atomic mass is 9.78. The molecule has 1 atom stereocenters. The molecule has 1 N–H and O–H groups in total. The average molecular weight is 293 g/mol. The van der Waals surface area contributed by atoms with E-state index < -0.39 is 11.6 Å². The molecule has 0 radical (unpaired) electrons. The van der Waals surface area contributed by atoms with E-state index in [0.717, 1.165) is 12.0 Å². The Bertz CT molecular complexity index is 561. The Balaban J connectivity index is 1.99. The molecule has 0 spiro atoms. The molecule has 1 aliphatic rings. The summed E-state index contributed by atoms with van der Waals surface area (Å²) < 4.78 is 5.64. The second-order valence-electron chi connectivity index (χ2n) is 5.21. The highest BCUT2D eigenvalue weighted by molar-refractivity contribution is 6.30. The fraction of sp³-hybridized carbons (Fsp3) is 0.467. The van der Waals surface area contributed by atoms with Crippen molar-refractivity contribution >= 4 is 17.5 Å². The number of nitriles is 1. The average Bonchev–Trinajstić information content (AvgIpc) is 2.36. The fourth-order valence-electron chi connectivity index (χ4n) is 2.12. The van der Waals surface area contributed by atoms with Gasteiger partial charge >= 0.3 is 0 Å². The zero-order valence-corrected chi connectivity index (χ0v) is 12.3. The molecule has 1 unspecified atom stereocenters. The van der Waals surface area contributed by atoms with Crippen molar-refractivity contribution in [3.8, 4) is 11.8 Å². The number of rotatable bonds is 4. The second-order valence-corrected chi connectivity index (χ2v) is 5.64. The van der Waals surface area contributed by atoms with Crippen molar-refractivity contribution in [2.24, 2.45) is 0 Å². The number of carbonyl (C=O) groups is 1. The Labute approximate surface area is 123 Å². The molecule has 2 rings (SSSR count). The number of benzene rings is 1. The van der Waals surface area contributed by atoms with Crippen LogP contribution in [0.2, 0.25) is 5.02 Å². The Morgan fingerprint density at radius 2 is 2.25 bits per heavy atom. The van der Waals surface area contributed by atoms with Crippen molar-refractivity contribution in [3.63, 3.8) is 0 Å². The summed E-state index contributed by atoms with van der Waals surface area (Å²) >= 11 is 5.88. The molecule has 0 aromatic heterocycles. The molecule has 20 heavy (non-hydrogen) atoms. The molecular formula is C15H17ClN2O2. The molecule has 1 amide bonds. The number of aryl methyl sites for hydroxylation is 1. The maximum absolute atomic E-state index is 12.1. The highest BCUT2D eigenvalue weighted by Gasteiger charge is 2.39. The van der Waals surface area contributed by atoms with Gasteiger partial charge in [-0.05, 0) is 56.9 Å². The van der Waals surface area contributed by atoms with Gasteiger partial charge in [-0.3, -0.25) is 4.79 Å². The minimum absolute atomic E-state index is 0.263. The van der Waals surface area contributed by atoms with Gasteiger partial charge in [0.05, 0.1) is 6.07 Å². The van der Waals surface area contributed by atoms with Crippen LogP contribution in [0.5, 0.6) is 5.75 Å². The quantitative estimate of drug-likeness (QED) is 0.928. The minimum Gasteiger partial charge on any atom is -0.481 e. The van der Waals surface area contributed by atoms with Gasteiger partial charge in [0.1, 0.15) is 11.3 Å². The van der Waals surface area contributed by atoms with E-state index in [4.69, 9.17) is 21.6 Å². The topological polar surface area (TPSA) is 62.1 Å². The molecule has 4 nitrogen and oxygen atoms in total. The van der Waals surface area contributed by atoms with E-state index in [2.05, 4.69) is 11.4 Å². The minimum atomic E-state index is -0.691.